The number of hydrogen-bond acceptors (Lipinski definition) is 2. The highest BCUT2D eigenvalue weighted by atomic mass is 16.2. The lowest BCUT2D eigenvalue weighted by Crippen LogP contribution is -2.43. The molecule has 1 saturated heterocycles. The standard InChI is InChI=1S/C15H22N2O/c1-2-10-16-15(18)14-9-6-11-17(14)12-13-7-4-3-5-8-13/h3-5,7-8,14H,2,6,9-12H2,1H3,(H,16,18). The van der Waals surface area contributed by atoms with Gasteiger partial charge < -0.3 is 5.32 Å². The van der Waals surface area contributed by atoms with Crippen molar-refractivity contribution in [1.82, 2.24) is 10.2 Å². The molecule has 18 heavy (non-hydrogen) atoms. The topological polar surface area (TPSA) is 32.3 Å². The fourth-order valence-electron chi connectivity index (χ4n) is 2.50. The Morgan fingerprint density at radius 3 is 2.89 bits per heavy atom. The van der Waals surface area contributed by atoms with Gasteiger partial charge in [-0.2, -0.15) is 0 Å². The summed E-state index contributed by atoms with van der Waals surface area (Å²) in [5.41, 5.74) is 1.28. The van der Waals surface area contributed by atoms with Gasteiger partial charge in [-0.3, -0.25) is 9.69 Å². The number of nitrogens with one attached hydrogen (secondary N) is 1. The number of rotatable bonds is 5. The molecular formula is C15H22N2O. The maximum Gasteiger partial charge on any atom is 0.237 e. The van der Waals surface area contributed by atoms with Crippen LogP contribution in [0.15, 0.2) is 30.3 Å². The van der Waals surface area contributed by atoms with Gasteiger partial charge in [-0.25, -0.2) is 0 Å². The van der Waals surface area contributed by atoms with Crippen LogP contribution < -0.4 is 5.32 Å². The minimum atomic E-state index is 0.0664. The van der Waals surface area contributed by atoms with Crippen LogP contribution in [0.2, 0.25) is 0 Å². The van der Waals surface area contributed by atoms with E-state index in [0.29, 0.717) is 0 Å². The first-order chi connectivity index (χ1) is 8.81. The Morgan fingerprint density at radius 1 is 1.39 bits per heavy atom. The zero-order chi connectivity index (χ0) is 12.8. The Hall–Kier alpha value is -1.35. The molecule has 3 nitrogen and oxygen atoms in total. The molecule has 0 spiro atoms. The molecule has 1 heterocycles. The van der Waals surface area contributed by atoms with E-state index in [4.69, 9.17) is 0 Å². The van der Waals surface area contributed by atoms with E-state index in [9.17, 15) is 4.79 Å². The first-order valence-corrected chi connectivity index (χ1v) is 6.87. The normalized spacial score (nSPS) is 19.9. The zero-order valence-corrected chi connectivity index (χ0v) is 11.1. The van der Waals surface area contributed by atoms with Crippen LogP contribution in [-0.2, 0) is 11.3 Å². The van der Waals surface area contributed by atoms with Crippen LogP contribution in [0.5, 0.6) is 0 Å². The van der Waals surface area contributed by atoms with E-state index in [0.717, 1.165) is 38.9 Å². The number of likely N-dealkylation sites (tertiary alicyclic amines) is 1. The summed E-state index contributed by atoms with van der Waals surface area (Å²) in [6, 6.07) is 10.4. The average Bonchev–Trinajstić information content (AvgIpc) is 2.85. The minimum Gasteiger partial charge on any atom is -0.355 e. The summed E-state index contributed by atoms with van der Waals surface area (Å²) in [6.07, 6.45) is 3.11. The van der Waals surface area contributed by atoms with Crippen molar-refractivity contribution in [3.8, 4) is 0 Å². The molecule has 1 unspecified atom stereocenters. The molecule has 0 aromatic heterocycles. The van der Waals surface area contributed by atoms with E-state index in [-0.39, 0.29) is 11.9 Å². The smallest absolute Gasteiger partial charge is 0.237 e. The molecule has 3 heteroatoms. The van der Waals surface area contributed by atoms with E-state index < -0.39 is 0 Å². The van der Waals surface area contributed by atoms with Gasteiger partial charge in [0, 0.05) is 13.1 Å². The zero-order valence-electron chi connectivity index (χ0n) is 11.1. The number of carbonyl (C=O) groups excluding carboxylic acids is 1. The molecular weight excluding hydrogens is 224 g/mol. The third-order valence-corrected chi connectivity index (χ3v) is 3.44. The van der Waals surface area contributed by atoms with Crippen molar-refractivity contribution >= 4 is 5.91 Å². The number of carbonyl (C=O) groups is 1. The van der Waals surface area contributed by atoms with Crippen molar-refractivity contribution in [1.29, 1.82) is 0 Å². The van der Waals surface area contributed by atoms with Gasteiger partial charge in [0.15, 0.2) is 0 Å². The lowest BCUT2D eigenvalue weighted by Gasteiger charge is -2.23. The lowest BCUT2D eigenvalue weighted by atomic mass is 10.1. The molecule has 1 aliphatic rings. The summed E-state index contributed by atoms with van der Waals surface area (Å²) in [4.78, 5) is 14.3. The third-order valence-electron chi connectivity index (χ3n) is 3.44. The van der Waals surface area contributed by atoms with Crippen molar-refractivity contribution in [3.63, 3.8) is 0 Å². The largest absolute Gasteiger partial charge is 0.355 e. The molecule has 1 atom stereocenters. The second kappa shape index (κ2) is 6.55. The second-order valence-electron chi connectivity index (χ2n) is 4.91. The number of hydrogen-bond donors (Lipinski definition) is 1. The van der Waals surface area contributed by atoms with Gasteiger partial charge >= 0.3 is 0 Å². The summed E-state index contributed by atoms with van der Waals surface area (Å²) in [5, 5.41) is 3.01. The summed E-state index contributed by atoms with van der Waals surface area (Å²) in [7, 11) is 0. The number of amides is 1. The van der Waals surface area contributed by atoms with Gasteiger partial charge in [0.2, 0.25) is 5.91 Å². The van der Waals surface area contributed by atoms with Crippen molar-refractivity contribution in [2.24, 2.45) is 0 Å². The summed E-state index contributed by atoms with van der Waals surface area (Å²) < 4.78 is 0. The van der Waals surface area contributed by atoms with Gasteiger partial charge in [0.25, 0.3) is 0 Å². The Bertz CT molecular complexity index is 377. The van der Waals surface area contributed by atoms with Crippen LogP contribution in [0.25, 0.3) is 0 Å². The Balaban J connectivity index is 1.93. The van der Waals surface area contributed by atoms with E-state index in [1.54, 1.807) is 0 Å². The van der Waals surface area contributed by atoms with E-state index in [2.05, 4.69) is 41.4 Å². The van der Waals surface area contributed by atoms with Gasteiger partial charge in [-0.15, -0.1) is 0 Å². The predicted octanol–water partition coefficient (Wildman–Crippen LogP) is 2.18. The van der Waals surface area contributed by atoms with Crippen molar-refractivity contribution in [3.05, 3.63) is 35.9 Å². The third kappa shape index (κ3) is 3.33. The molecule has 1 N–H and O–H groups in total. The fourth-order valence-corrected chi connectivity index (χ4v) is 2.50. The number of nitrogens with zero attached hydrogens (tertiary/aromatic N) is 1. The van der Waals surface area contributed by atoms with Crippen LogP contribution in [0.4, 0.5) is 0 Å². The summed E-state index contributed by atoms with van der Waals surface area (Å²) >= 11 is 0. The number of benzene rings is 1. The van der Waals surface area contributed by atoms with Crippen LogP contribution in [0.3, 0.4) is 0 Å². The van der Waals surface area contributed by atoms with Crippen molar-refractivity contribution in [2.45, 2.75) is 38.8 Å². The molecule has 0 bridgehead atoms. The highest BCUT2D eigenvalue weighted by Gasteiger charge is 2.30. The quantitative estimate of drug-likeness (QED) is 0.863. The molecule has 98 valence electrons. The second-order valence-corrected chi connectivity index (χ2v) is 4.91. The van der Waals surface area contributed by atoms with Gasteiger partial charge in [0.05, 0.1) is 6.04 Å². The summed E-state index contributed by atoms with van der Waals surface area (Å²) in [5.74, 6) is 0.199. The SMILES string of the molecule is CCCNC(=O)C1CCCN1Cc1ccccc1. The molecule has 0 saturated carbocycles. The molecule has 1 aliphatic heterocycles. The predicted molar refractivity (Wildman–Crippen MR) is 73.2 cm³/mol. The lowest BCUT2D eigenvalue weighted by molar-refractivity contribution is -0.125. The molecule has 1 fully saturated rings. The van der Waals surface area contributed by atoms with Crippen LogP contribution in [-0.4, -0.2) is 29.9 Å². The Morgan fingerprint density at radius 2 is 2.17 bits per heavy atom. The molecule has 1 aromatic carbocycles. The van der Waals surface area contributed by atoms with Crippen LogP contribution in [0.1, 0.15) is 31.7 Å². The highest BCUT2D eigenvalue weighted by molar-refractivity contribution is 5.82. The van der Waals surface area contributed by atoms with Crippen LogP contribution >= 0.6 is 0 Å². The van der Waals surface area contributed by atoms with E-state index >= 15 is 0 Å². The van der Waals surface area contributed by atoms with Crippen molar-refractivity contribution in [2.75, 3.05) is 13.1 Å². The fraction of sp³-hybridized carbons (Fsp3) is 0.533. The molecule has 1 aromatic rings. The molecule has 0 aliphatic carbocycles. The van der Waals surface area contributed by atoms with Gasteiger partial charge in [-0.1, -0.05) is 37.3 Å². The maximum absolute atomic E-state index is 12.1. The van der Waals surface area contributed by atoms with Gasteiger partial charge in [0.1, 0.15) is 0 Å². The molecule has 2 rings (SSSR count). The van der Waals surface area contributed by atoms with Gasteiger partial charge in [-0.05, 0) is 31.4 Å². The first-order valence-electron chi connectivity index (χ1n) is 6.87. The minimum absolute atomic E-state index is 0.0664. The summed E-state index contributed by atoms with van der Waals surface area (Å²) in [6.45, 7) is 4.77. The molecule has 0 radical (unpaired) electrons. The first kappa shape index (κ1) is 13.1. The van der Waals surface area contributed by atoms with E-state index in [1.807, 2.05) is 6.07 Å². The highest BCUT2D eigenvalue weighted by Crippen LogP contribution is 2.20. The van der Waals surface area contributed by atoms with E-state index in [1.165, 1.54) is 5.56 Å². The Labute approximate surface area is 109 Å². The molecule has 1 amide bonds. The Kier molecular flexibility index (Phi) is 4.76. The average molecular weight is 246 g/mol. The van der Waals surface area contributed by atoms with Crippen molar-refractivity contribution < 1.29 is 4.79 Å². The maximum atomic E-state index is 12.1. The monoisotopic (exact) mass is 246 g/mol. The van der Waals surface area contributed by atoms with Crippen LogP contribution in [0, 0.1) is 0 Å².